The molecule has 1 aromatic carbocycles. The Kier molecular flexibility index (Phi) is 3.06. The molecule has 18 heavy (non-hydrogen) atoms. The molecule has 0 spiro atoms. The van der Waals surface area contributed by atoms with Gasteiger partial charge in [-0.3, -0.25) is 0 Å². The van der Waals surface area contributed by atoms with Crippen LogP contribution in [0.1, 0.15) is 50.5 Å². The van der Waals surface area contributed by atoms with Crippen molar-refractivity contribution in [3.05, 3.63) is 29.8 Å². The van der Waals surface area contributed by atoms with Gasteiger partial charge >= 0.3 is 0 Å². The molecule has 2 heteroatoms. The summed E-state index contributed by atoms with van der Waals surface area (Å²) in [5, 5.41) is 9.76. The van der Waals surface area contributed by atoms with Gasteiger partial charge in [-0.05, 0) is 55.1 Å². The topological polar surface area (TPSA) is 29.5 Å². The van der Waals surface area contributed by atoms with Crippen LogP contribution >= 0.6 is 0 Å². The maximum absolute atomic E-state index is 9.76. The number of aliphatic hydroxyl groups is 1. The minimum atomic E-state index is -0.0786. The Morgan fingerprint density at radius 3 is 2.94 bits per heavy atom. The number of aliphatic hydroxyl groups excluding tert-OH is 1. The maximum atomic E-state index is 9.76. The van der Waals surface area contributed by atoms with E-state index in [1.165, 1.54) is 12.0 Å². The van der Waals surface area contributed by atoms with Gasteiger partial charge in [0.2, 0.25) is 0 Å². The van der Waals surface area contributed by atoms with Gasteiger partial charge in [0, 0.05) is 0 Å². The lowest BCUT2D eigenvalue weighted by atomic mass is 9.75. The largest absolute Gasteiger partial charge is 0.493 e. The van der Waals surface area contributed by atoms with Crippen LogP contribution < -0.4 is 4.74 Å². The van der Waals surface area contributed by atoms with Gasteiger partial charge in [-0.1, -0.05) is 25.1 Å². The van der Waals surface area contributed by atoms with Gasteiger partial charge in [0.05, 0.1) is 12.7 Å². The number of ether oxygens (including phenoxy) is 1. The van der Waals surface area contributed by atoms with E-state index < -0.39 is 0 Å². The summed E-state index contributed by atoms with van der Waals surface area (Å²) in [4.78, 5) is 0. The molecule has 0 saturated heterocycles. The van der Waals surface area contributed by atoms with Gasteiger partial charge in [-0.15, -0.1) is 0 Å². The second-order valence-electron chi connectivity index (χ2n) is 6.28. The van der Waals surface area contributed by atoms with Gasteiger partial charge in [-0.25, -0.2) is 0 Å². The third-order valence-corrected chi connectivity index (χ3v) is 4.63. The van der Waals surface area contributed by atoms with Crippen molar-refractivity contribution < 1.29 is 9.84 Å². The molecule has 1 heterocycles. The number of hydrogen-bond donors (Lipinski definition) is 1. The Morgan fingerprint density at radius 2 is 2.17 bits per heavy atom. The lowest BCUT2D eigenvalue weighted by Gasteiger charge is -2.33. The predicted molar refractivity (Wildman–Crippen MR) is 71.9 cm³/mol. The molecule has 1 aromatic rings. The highest BCUT2D eigenvalue weighted by Crippen LogP contribution is 2.48. The first-order valence-corrected chi connectivity index (χ1v) is 7.06. The Hall–Kier alpha value is -1.02. The molecule has 0 radical (unpaired) electrons. The lowest BCUT2D eigenvalue weighted by Crippen LogP contribution is -2.22. The van der Waals surface area contributed by atoms with Crippen molar-refractivity contribution in [1.29, 1.82) is 0 Å². The third-order valence-electron chi connectivity index (χ3n) is 4.63. The Balaban J connectivity index is 1.78. The predicted octanol–water partition coefficient (Wildman–Crippen LogP) is 3.49. The van der Waals surface area contributed by atoms with Crippen molar-refractivity contribution in [3.8, 4) is 5.75 Å². The summed E-state index contributed by atoms with van der Waals surface area (Å²) in [6, 6.07) is 8.43. The monoisotopic (exact) mass is 246 g/mol. The molecule has 1 fully saturated rings. The molecule has 1 aliphatic heterocycles. The van der Waals surface area contributed by atoms with Crippen molar-refractivity contribution in [1.82, 2.24) is 0 Å². The molecule has 3 rings (SSSR count). The van der Waals surface area contributed by atoms with E-state index in [0.29, 0.717) is 11.3 Å². The zero-order valence-electron chi connectivity index (χ0n) is 11.1. The van der Waals surface area contributed by atoms with E-state index in [0.717, 1.165) is 38.0 Å². The number of hydrogen-bond acceptors (Lipinski definition) is 2. The average Bonchev–Trinajstić information content (AvgIpc) is 2.70. The summed E-state index contributed by atoms with van der Waals surface area (Å²) >= 11 is 0. The van der Waals surface area contributed by atoms with Crippen LogP contribution in [-0.4, -0.2) is 17.8 Å². The van der Waals surface area contributed by atoms with Crippen molar-refractivity contribution in [2.24, 2.45) is 5.41 Å². The van der Waals surface area contributed by atoms with E-state index in [9.17, 15) is 5.11 Å². The second-order valence-corrected chi connectivity index (χ2v) is 6.28. The second kappa shape index (κ2) is 4.58. The molecule has 0 aromatic heterocycles. The molecule has 3 atom stereocenters. The van der Waals surface area contributed by atoms with Gasteiger partial charge in [0.1, 0.15) is 5.75 Å². The average molecular weight is 246 g/mol. The van der Waals surface area contributed by atoms with Crippen molar-refractivity contribution in [3.63, 3.8) is 0 Å². The first kappa shape index (κ1) is 12.0. The molecule has 0 bridgehead atoms. The summed E-state index contributed by atoms with van der Waals surface area (Å²) < 4.78 is 5.72. The van der Waals surface area contributed by atoms with E-state index in [2.05, 4.69) is 25.1 Å². The molecule has 0 amide bonds. The normalized spacial score (nSPS) is 35.0. The zero-order valence-corrected chi connectivity index (χ0v) is 11.1. The zero-order chi connectivity index (χ0) is 12.6. The van der Waals surface area contributed by atoms with Crippen molar-refractivity contribution in [2.75, 3.05) is 6.61 Å². The van der Waals surface area contributed by atoms with Crippen LogP contribution in [0.25, 0.3) is 0 Å². The summed E-state index contributed by atoms with van der Waals surface area (Å²) in [5.41, 5.74) is 1.68. The number of para-hydroxylation sites is 1. The molecular weight excluding hydrogens is 224 g/mol. The number of fused-ring (bicyclic) bond motifs is 1. The standard InChI is InChI=1S/C16H22O2/c1-16(8-6-13(17)11-16)10-12-7-9-18-15-5-3-2-4-14(12)15/h2-5,12-13,17H,6-11H2,1H3. The van der Waals surface area contributed by atoms with Crippen LogP contribution in [0.5, 0.6) is 5.75 Å². The van der Waals surface area contributed by atoms with Gasteiger partial charge in [0.25, 0.3) is 0 Å². The maximum Gasteiger partial charge on any atom is 0.122 e. The highest BCUT2D eigenvalue weighted by atomic mass is 16.5. The molecule has 1 N–H and O–H groups in total. The summed E-state index contributed by atoms with van der Waals surface area (Å²) in [6.45, 7) is 3.17. The minimum Gasteiger partial charge on any atom is -0.493 e. The molecular formula is C16H22O2. The smallest absolute Gasteiger partial charge is 0.122 e. The Bertz CT molecular complexity index is 429. The van der Waals surface area contributed by atoms with Crippen LogP contribution in [0, 0.1) is 5.41 Å². The van der Waals surface area contributed by atoms with E-state index in [1.54, 1.807) is 0 Å². The molecule has 2 nitrogen and oxygen atoms in total. The van der Waals surface area contributed by atoms with Crippen molar-refractivity contribution in [2.45, 2.75) is 51.0 Å². The van der Waals surface area contributed by atoms with E-state index in [1.807, 2.05) is 6.07 Å². The van der Waals surface area contributed by atoms with Gasteiger partial charge < -0.3 is 9.84 Å². The highest BCUT2D eigenvalue weighted by Gasteiger charge is 2.37. The molecule has 3 unspecified atom stereocenters. The van der Waals surface area contributed by atoms with E-state index >= 15 is 0 Å². The fraction of sp³-hybridized carbons (Fsp3) is 0.625. The van der Waals surface area contributed by atoms with Crippen molar-refractivity contribution >= 4 is 0 Å². The fourth-order valence-corrected chi connectivity index (χ4v) is 3.70. The first-order valence-electron chi connectivity index (χ1n) is 7.06. The fourth-order valence-electron chi connectivity index (χ4n) is 3.70. The van der Waals surface area contributed by atoms with Crippen LogP contribution in [0.3, 0.4) is 0 Å². The molecule has 2 aliphatic rings. The minimum absolute atomic E-state index is 0.0786. The Morgan fingerprint density at radius 1 is 1.33 bits per heavy atom. The molecule has 98 valence electrons. The van der Waals surface area contributed by atoms with E-state index in [-0.39, 0.29) is 6.10 Å². The number of rotatable bonds is 2. The van der Waals surface area contributed by atoms with E-state index in [4.69, 9.17) is 4.74 Å². The SMILES string of the molecule is CC1(CC2CCOc3ccccc32)CCC(O)C1. The van der Waals surface area contributed by atoms with Crippen LogP contribution in [0.15, 0.2) is 24.3 Å². The van der Waals surface area contributed by atoms with Gasteiger partial charge in [0.15, 0.2) is 0 Å². The van der Waals surface area contributed by atoms with Gasteiger partial charge in [-0.2, -0.15) is 0 Å². The lowest BCUT2D eigenvalue weighted by molar-refractivity contribution is 0.152. The van der Waals surface area contributed by atoms with Crippen LogP contribution in [0.4, 0.5) is 0 Å². The third kappa shape index (κ3) is 2.26. The summed E-state index contributed by atoms with van der Waals surface area (Å²) in [5.74, 6) is 1.67. The highest BCUT2D eigenvalue weighted by molar-refractivity contribution is 5.37. The molecule has 1 saturated carbocycles. The Labute approximate surface area is 109 Å². The van der Waals surface area contributed by atoms with Crippen LogP contribution in [0.2, 0.25) is 0 Å². The van der Waals surface area contributed by atoms with Crippen LogP contribution in [-0.2, 0) is 0 Å². The first-order chi connectivity index (χ1) is 8.66. The molecule has 1 aliphatic carbocycles. The summed E-state index contributed by atoms with van der Waals surface area (Å²) in [7, 11) is 0. The summed E-state index contributed by atoms with van der Waals surface area (Å²) in [6.07, 6.45) is 5.32. The quantitative estimate of drug-likeness (QED) is 0.865. The number of benzene rings is 1.